The lowest BCUT2D eigenvalue weighted by Crippen LogP contribution is -2.24. The zero-order valence-electron chi connectivity index (χ0n) is 14.4. The number of anilines is 2. The molecule has 2 heteroatoms. The maximum Gasteiger partial charge on any atom is 0.0477 e. The molecule has 2 bridgehead atoms. The molecule has 0 radical (unpaired) electrons. The van der Waals surface area contributed by atoms with Gasteiger partial charge in [0, 0.05) is 49.3 Å². The van der Waals surface area contributed by atoms with Crippen molar-refractivity contribution >= 4 is 22.1 Å². The molecule has 0 amide bonds. The molecule has 0 saturated heterocycles. The monoisotopic (exact) mass is 296 g/mol. The zero-order chi connectivity index (χ0) is 15.7. The molecule has 0 atom stereocenters. The summed E-state index contributed by atoms with van der Waals surface area (Å²) < 4.78 is 0. The van der Waals surface area contributed by atoms with Gasteiger partial charge in [-0.15, -0.1) is 0 Å². The molecule has 2 aromatic rings. The fraction of sp³-hybridized carbons (Fsp3) is 0.500. The highest BCUT2D eigenvalue weighted by atomic mass is 15.1. The van der Waals surface area contributed by atoms with E-state index in [1.807, 2.05) is 0 Å². The maximum atomic E-state index is 2.47. The molecule has 0 saturated carbocycles. The molecule has 3 rings (SSSR count). The van der Waals surface area contributed by atoms with E-state index in [1.165, 1.54) is 59.0 Å². The van der Waals surface area contributed by atoms with Crippen LogP contribution in [0.15, 0.2) is 24.3 Å². The molecule has 0 fully saturated rings. The lowest BCUT2D eigenvalue weighted by atomic mass is 9.95. The first-order chi connectivity index (χ1) is 10.6. The Morgan fingerprint density at radius 1 is 0.682 bits per heavy atom. The lowest BCUT2D eigenvalue weighted by Gasteiger charge is -2.31. The maximum absolute atomic E-state index is 2.47. The summed E-state index contributed by atoms with van der Waals surface area (Å²) in [5, 5.41) is 2.80. The Morgan fingerprint density at radius 2 is 1.09 bits per heavy atom. The molecule has 0 aliphatic carbocycles. The summed E-state index contributed by atoms with van der Waals surface area (Å²) in [5.74, 6) is 0. The van der Waals surface area contributed by atoms with Crippen molar-refractivity contribution in [1.29, 1.82) is 0 Å². The fourth-order valence-corrected chi connectivity index (χ4v) is 3.91. The first kappa shape index (κ1) is 15.2. The van der Waals surface area contributed by atoms with Crippen molar-refractivity contribution in [3.8, 4) is 0 Å². The van der Waals surface area contributed by atoms with Gasteiger partial charge in [-0.2, -0.15) is 0 Å². The molecule has 2 aromatic carbocycles. The SMILES string of the molecule is Cc1c(C)c2c3ccccc3c1N(C)CCCCCCN2C. The van der Waals surface area contributed by atoms with E-state index < -0.39 is 0 Å². The van der Waals surface area contributed by atoms with Crippen LogP contribution in [-0.2, 0) is 0 Å². The number of benzene rings is 2. The van der Waals surface area contributed by atoms with E-state index in [4.69, 9.17) is 0 Å². The molecule has 2 nitrogen and oxygen atoms in total. The van der Waals surface area contributed by atoms with Crippen molar-refractivity contribution in [3.05, 3.63) is 35.4 Å². The Kier molecular flexibility index (Phi) is 4.28. The van der Waals surface area contributed by atoms with E-state index >= 15 is 0 Å². The number of rotatable bonds is 0. The van der Waals surface area contributed by atoms with E-state index in [-0.39, 0.29) is 0 Å². The van der Waals surface area contributed by atoms with Gasteiger partial charge in [0.2, 0.25) is 0 Å². The standard InChI is InChI=1S/C20H28N2/c1-15-16(2)20-18-12-8-7-11-17(18)19(15)21(3)13-9-5-6-10-14-22(20)4/h7-8,11-12H,5-6,9-10,13-14H2,1-4H3. The minimum Gasteiger partial charge on any atom is -0.374 e. The molecule has 1 aliphatic rings. The fourth-order valence-electron chi connectivity index (χ4n) is 3.91. The van der Waals surface area contributed by atoms with Crippen molar-refractivity contribution in [2.75, 3.05) is 37.0 Å². The molecular formula is C20H28N2. The van der Waals surface area contributed by atoms with Gasteiger partial charge < -0.3 is 9.80 Å². The Hall–Kier alpha value is -1.70. The van der Waals surface area contributed by atoms with Crippen LogP contribution in [-0.4, -0.2) is 27.2 Å². The predicted octanol–water partition coefficient (Wildman–Crippen LogP) is 4.90. The van der Waals surface area contributed by atoms with Gasteiger partial charge in [-0.1, -0.05) is 37.1 Å². The molecule has 22 heavy (non-hydrogen) atoms. The molecule has 0 spiro atoms. The van der Waals surface area contributed by atoms with E-state index in [9.17, 15) is 0 Å². The van der Waals surface area contributed by atoms with Crippen molar-refractivity contribution in [2.45, 2.75) is 39.5 Å². The third-order valence-corrected chi connectivity index (χ3v) is 5.21. The summed E-state index contributed by atoms with van der Waals surface area (Å²) in [6, 6.07) is 8.92. The third-order valence-electron chi connectivity index (χ3n) is 5.21. The highest BCUT2D eigenvalue weighted by Crippen LogP contribution is 2.40. The molecule has 118 valence electrons. The van der Waals surface area contributed by atoms with Gasteiger partial charge in [-0.25, -0.2) is 0 Å². The number of nitrogens with zero attached hydrogens (tertiary/aromatic N) is 2. The zero-order valence-corrected chi connectivity index (χ0v) is 14.4. The van der Waals surface area contributed by atoms with Crippen LogP contribution in [0.4, 0.5) is 11.4 Å². The van der Waals surface area contributed by atoms with Gasteiger partial charge in [0.25, 0.3) is 0 Å². The average molecular weight is 296 g/mol. The first-order valence-corrected chi connectivity index (χ1v) is 8.55. The Balaban J connectivity index is 2.31. The Morgan fingerprint density at radius 3 is 1.50 bits per heavy atom. The smallest absolute Gasteiger partial charge is 0.0477 e. The molecule has 0 N–H and O–H groups in total. The highest BCUT2D eigenvalue weighted by Gasteiger charge is 2.19. The predicted molar refractivity (Wildman–Crippen MR) is 98.4 cm³/mol. The first-order valence-electron chi connectivity index (χ1n) is 8.55. The topological polar surface area (TPSA) is 6.48 Å². The van der Waals surface area contributed by atoms with Crippen LogP contribution in [0.3, 0.4) is 0 Å². The second-order valence-electron chi connectivity index (χ2n) is 6.75. The van der Waals surface area contributed by atoms with Crippen molar-refractivity contribution in [2.24, 2.45) is 0 Å². The normalized spacial score (nSPS) is 16.7. The average Bonchev–Trinajstić information content (AvgIpc) is 2.50. The van der Waals surface area contributed by atoms with Crippen molar-refractivity contribution in [3.63, 3.8) is 0 Å². The minimum absolute atomic E-state index is 1.15. The van der Waals surface area contributed by atoms with Crippen LogP contribution in [0.1, 0.15) is 36.8 Å². The van der Waals surface area contributed by atoms with Gasteiger partial charge in [0.15, 0.2) is 0 Å². The lowest BCUT2D eigenvalue weighted by molar-refractivity contribution is 0.633. The Labute approximate surface area is 134 Å². The van der Waals surface area contributed by atoms with Gasteiger partial charge in [-0.05, 0) is 37.8 Å². The largest absolute Gasteiger partial charge is 0.374 e. The second kappa shape index (κ2) is 6.20. The van der Waals surface area contributed by atoms with Crippen LogP contribution in [0, 0.1) is 13.8 Å². The van der Waals surface area contributed by atoms with E-state index in [0.717, 1.165) is 13.1 Å². The third kappa shape index (κ3) is 2.55. The van der Waals surface area contributed by atoms with Crippen LogP contribution in [0.2, 0.25) is 0 Å². The van der Waals surface area contributed by atoms with E-state index in [0.29, 0.717) is 0 Å². The van der Waals surface area contributed by atoms with Crippen molar-refractivity contribution < 1.29 is 0 Å². The summed E-state index contributed by atoms with van der Waals surface area (Å²) in [6.45, 7) is 6.88. The molecule has 1 heterocycles. The molecular weight excluding hydrogens is 268 g/mol. The van der Waals surface area contributed by atoms with Crippen LogP contribution in [0.5, 0.6) is 0 Å². The summed E-state index contributed by atoms with van der Waals surface area (Å²) in [6.07, 6.45) is 5.25. The van der Waals surface area contributed by atoms with Gasteiger partial charge in [0.05, 0.1) is 0 Å². The summed E-state index contributed by atoms with van der Waals surface area (Å²) in [7, 11) is 4.51. The highest BCUT2D eigenvalue weighted by molar-refractivity contribution is 6.05. The van der Waals surface area contributed by atoms with Gasteiger partial charge in [-0.3, -0.25) is 0 Å². The van der Waals surface area contributed by atoms with E-state index in [2.05, 4.69) is 62.0 Å². The Bertz CT molecular complexity index is 616. The quantitative estimate of drug-likeness (QED) is 0.682. The number of hydrogen-bond acceptors (Lipinski definition) is 2. The number of hydrogen-bond donors (Lipinski definition) is 0. The molecule has 0 aromatic heterocycles. The second-order valence-corrected chi connectivity index (χ2v) is 6.75. The summed E-state index contributed by atoms with van der Waals surface area (Å²) >= 11 is 0. The minimum atomic E-state index is 1.15. The van der Waals surface area contributed by atoms with E-state index in [1.54, 1.807) is 0 Å². The summed E-state index contributed by atoms with van der Waals surface area (Å²) in [4.78, 5) is 4.94. The summed E-state index contributed by atoms with van der Waals surface area (Å²) in [5.41, 5.74) is 5.71. The van der Waals surface area contributed by atoms with Gasteiger partial charge >= 0.3 is 0 Å². The molecule has 1 aliphatic heterocycles. The van der Waals surface area contributed by atoms with Gasteiger partial charge in [0.1, 0.15) is 0 Å². The van der Waals surface area contributed by atoms with Crippen LogP contribution < -0.4 is 9.80 Å². The van der Waals surface area contributed by atoms with Crippen LogP contribution in [0.25, 0.3) is 10.8 Å². The van der Waals surface area contributed by atoms with Crippen molar-refractivity contribution in [1.82, 2.24) is 0 Å². The van der Waals surface area contributed by atoms with Crippen LogP contribution >= 0.6 is 0 Å². The molecule has 0 unspecified atom stereocenters.